The van der Waals surface area contributed by atoms with Crippen molar-refractivity contribution in [2.75, 3.05) is 11.9 Å². The van der Waals surface area contributed by atoms with E-state index in [4.69, 9.17) is 16.7 Å². The van der Waals surface area contributed by atoms with Crippen molar-refractivity contribution >= 4 is 27.3 Å². The molecule has 0 bridgehead atoms. The molecule has 23 heavy (non-hydrogen) atoms. The molecule has 0 aliphatic rings. The van der Waals surface area contributed by atoms with Crippen molar-refractivity contribution in [3.63, 3.8) is 0 Å². The summed E-state index contributed by atoms with van der Waals surface area (Å²) in [5, 5.41) is 19.2. The number of aryl methyl sites for hydroxylation is 2. The fourth-order valence-electron chi connectivity index (χ4n) is 2.49. The number of benzene rings is 1. The molecule has 0 amide bonds. The minimum atomic E-state index is -3.87. The number of hydrogen-bond donors (Lipinski definition) is 2. The Kier molecular flexibility index (Phi) is 5.00. The van der Waals surface area contributed by atoms with Crippen LogP contribution in [0.25, 0.3) is 0 Å². The van der Waals surface area contributed by atoms with E-state index >= 15 is 0 Å². The minimum Gasteiger partial charge on any atom is -0.392 e. The highest BCUT2D eigenvalue weighted by atomic mass is 35.5. The molecular formula is C14H19ClN4O3S. The molecule has 9 heteroatoms. The highest BCUT2D eigenvalue weighted by Crippen LogP contribution is 2.25. The number of hydrogen-bond acceptors (Lipinski definition) is 5. The maximum Gasteiger partial charge on any atom is 0.241 e. The molecule has 0 saturated carbocycles. The van der Waals surface area contributed by atoms with Gasteiger partial charge in [-0.2, -0.15) is 5.10 Å². The lowest BCUT2D eigenvalue weighted by atomic mass is 10.2. The monoisotopic (exact) mass is 358 g/mol. The van der Waals surface area contributed by atoms with Gasteiger partial charge in [0.1, 0.15) is 4.90 Å². The van der Waals surface area contributed by atoms with Crippen LogP contribution in [0.3, 0.4) is 0 Å². The number of aromatic nitrogens is 2. The molecule has 0 radical (unpaired) electrons. The van der Waals surface area contributed by atoms with Crippen molar-refractivity contribution < 1.29 is 13.5 Å². The van der Waals surface area contributed by atoms with Crippen LogP contribution < -0.4 is 10.0 Å². The molecule has 1 aromatic carbocycles. The van der Waals surface area contributed by atoms with Crippen molar-refractivity contribution in [1.29, 1.82) is 0 Å². The third-order valence-electron chi connectivity index (χ3n) is 3.52. The summed E-state index contributed by atoms with van der Waals surface area (Å²) in [6, 6.07) is 5.19. The van der Waals surface area contributed by atoms with E-state index in [-0.39, 0.29) is 18.0 Å². The summed E-state index contributed by atoms with van der Waals surface area (Å²) in [6.07, 6.45) is 0. The van der Waals surface area contributed by atoms with Gasteiger partial charge in [-0.3, -0.25) is 4.68 Å². The van der Waals surface area contributed by atoms with Crippen LogP contribution in [-0.2, 0) is 30.2 Å². The summed E-state index contributed by atoms with van der Waals surface area (Å²) < 4.78 is 25.1. The van der Waals surface area contributed by atoms with Crippen LogP contribution in [0, 0.1) is 6.92 Å². The topological polar surface area (TPSA) is 101 Å². The number of anilines is 1. The van der Waals surface area contributed by atoms with E-state index in [0.29, 0.717) is 22.0 Å². The third kappa shape index (κ3) is 3.84. The molecule has 3 N–H and O–H groups in total. The summed E-state index contributed by atoms with van der Waals surface area (Å²) in [5.74, 6) is 0. The lowest BCUT2D eigenvalue weighted by Gasteiger charge is -2.21. The number of halogens is 1. The van der Waals surface area contributed by atoms with Crippen LogP contribution in [0.15, 0.2) is 23.1 Å². The quantitative estimate of drug-likeness (QED) is 0.835. The Labute approximate surface area is 140 Å². The van der Waals surface area contributed by atoms with Gasteiger partial charge >= 0.3 is 0 Å². The highest BCUT2D eigenvalue weighted by Gasteiger charge is 2.23. The molecule has 126 valence electrons. The molecule has 0 fully saturated rings. The van der Waals surface area contributed by atoms with Crippen molar-refractivity contribution in [3.8, 4) is 0 Å². The average Bonchev–Trinajstić information content (AvgIpc) is 2.72. The lowest BCUT2D eigenvalue weighted by molar-refractivity contribution is 0.282. The van der Waals surface area contributed by atoms with Gasteiger partial charge in [0.25, 0.3) is 0 Å². The van der Waals surface area contributed by atoms with Crippen LogP contribution in [0.2, 0.25) is 5.02 Å². The number of nitrogens with two attached hydrogens (primary N) is 1. The van der Waals surface area contributed by atoms with E-state index < -0.39 is 10.0 Å². The molecule has 0 unspecified atom stereocenters. The third-order valence-corrected chi connectivity index (χ3v) is 4.84. The van der Waals surface area contributed by atoms with E-state index in [1.54, 1.807) is 39.2 Å². The van der Waals surface area contributed by atoms with Gasteiger partial charge in [-0.15, -0.1) is 0 Å². The minimum absolute atomic E-state index is 0.0382. The van der Waals surface area contributed by atoms with E-state index in [9.17, 15) is 13.5 Å². The fourth-order valence-corrected chi connectivity index (χ4v) is 3.72. The number of rotatable bonds is 5. The van der Waals surface area contributed by atoms with E-state index in [1.807, 2.05) is 4.90 Å². The summed E-state index contributed by atoms with van der Waals surface area (Å²) in [5.41, 5.74) is 2.27. The van der Waals surface area contributed by atoms with Gasteiger partial charge in [0, 0.05) is 24.8 Å². The molecule has 2 aromatic rings. The van der Waals surface area contributed by atoms with Crippen molar-refractivity contribution in [2.24, 2.45) is 12.2 Å². The van der Waals surface area contributed by atoms with Gasteiger partial charge in [0.15, 0.2) is 0 Å². The Balaban J connectivity index is 2.42. The second kappa shape index (κ2) is 6.48. The number of sulfonamides is 1. The molecule has 0 spiro atoms. The predicted molar refractivity (Wildman–Crippen MR) is 88.8 cm³/mol. The lowest BCUT2D eigenvalue weighted by Crippen LogP contribution is -2.22. The molecule has 1 aromatic heterocycles. The summed E-state index contributed by atoms with van der Waals surface area (Å²) in [4.78, 5) is 1.85. The van der Waals surface area contributed by atoms with Gasteiger partial charge in [-0.05, 0) is 30.7 Å². The molecule has 2 rings (SSSR count). The van der Waals surface area contributed by atoms with Crippen molar-refractivity contribution in [2.45, 2.75) is 25.0 Å². The van der Waals surface area contributed by atoms with Crippen LogP contribution in [0.1, 0.15) is 17.0 Å². The summed E-state index contributed by atoms with van der Waals surface area (Å²) in [6.45, 7) is 1.75. The molecule has 0 aliphatic heterocycles. The van der Waals surface area contributed by atoms with Gasteiger partial charge < -0.3 is 10.0 Å². The first-order valence-corrected chi connectivity index (χ1v) is 8.72. The van der Waals surface area contributed by atoms with E-state index in [2.05, 4.69) is 5.10 Å². The first-order chi connectivity index (χ1) is 10.6. The normalized spacial score (nSPS) is 11.7. The zero-order valence-electron chi connectivity index (χ0n) is 13.1. The fraction of sp³-hybridized carbons (Fsp3) is 0.357. The Morgan fingerprint density at radius 3 is 2.61 bits per heavy atom. The van der Waals surface area contributed by atoms with Crippen LogP contribution in [-0.4, -0.2) is 30.4 Å². The Hall–Kier alpha value is -1.61. The van der Waals surface area contributed by atoms with Crippen LogP contribution in [0.4, 0.5) is 5.69 Å². The SMILES string of the molecule is Cc1nn(C)c(CN(C)c2cc(Cl)cc(CO)c2)c1S(N)(=O)=O. The van der Waals surface area contributed by atoms with Crippen LogP contribution in [0.5, 0.6) is 0 Å². The zero-order chi connectivity index (χ0) is 17.4. The van der Waals surface area contributed by atoms with E-state index in [1.165, 1.54) is 4.68 Å². The maximum absolute atomic E-state index is 11.8. The molecule has 0 atom stereocenters. The van der Waals surface area contributed by atoms with Crippen LogP contribution >= 0.6 is 11.6 Å². The second-order valence-electron chi connectivity index (χ2n) is 5.36. The van der Waals surface area contributed by atoms with Gasteiger partial charge in [-0.1, -0.05) is 11.6 Å². The molecule has 0 saturated heterocycles. The summed E-state index contributed by atoms with van der Waals surface area (Å²) >= 11 is 6.04. The maximum atomic E-state index is 11.8. The molecule has 0 aliphatic carbocycles. The predicted octanol–water partition coefficient (Wildman–Crippen LogP) is 1.16. The largest absolute Gasteiger partial charge is 0.392 e. The highest BCUT2D eigenvalue weighted by molar-refractivity contribution is 7.89. The summed E-state index contributed by atoms with van der Waals surface area (Å²) in [7, 11) is -0.406. The second-order valence-corrected chi connectivity index (χ2v) is 7.30. The number of nitrogens with zero attached hydrogens (tertiary/aromatic N) is 3. The first-order valence-electron chi connectivity index (χ1n) is 6.80. The number of primary sulfonamides is 1. The Bertz CT molecular complexity index is 833. The van der Waals surface area contributed by atoms with Crippen molar-refractivity contribution in [1.82, 2.24) is 9.78 Å². The zero-order valence-corrected chi connectivity index (χ0v) is 14.7. The number of aliphatic hydroxyl groups is 1. The average molecular weight is 359 g/mol. The standard InChI is InChI=1S/C14H19ClN4O3S/c1-9-14(23(16,21)22)13(19(3)17-9)7-18(2)12-5-10(8-20)4-11(15)6-12/h4-6,20H,7-8H2,1-3H3,(H2,16,21,22). The molecular weight excluding hydrogens is 340 g/mol. The number of aliphatic hydroxyl groups excluding tert-OH is 1. The van der Waals surface area contributed by atoms with Gasteiger partial charge in [0.05, 0.1) is 24.5 Å². The van der Waals surface area contributed by atoms with Gasteiger partial charge in [-0.25, -0.2) is 13.6 Å². The van der Waals surface area contributed by atoms with Gasteiger partial charge in [0.2, 0.25) is 10.0 Å². The van der Waals surface area contributed by atoms with E-state index in [0.717, 1.165) is 5.69 Å². The molecule has 7 nitrogen and oxygen atoms in total. The van der Waals surface area contributed by atoms with Crippen molar-refractivity contribution in [3.05, 3.63) is 40.2 Å². The first kappa shape index (κ1) is 17.7. The molecule has 1 heterocycles. The Morgan fingerprint density at radius 2 is 2.04 bits per heavy atom. The Morgan fingerprint density at radius 1 is 1.39 bits per heavy atom. The smallest absolute Gasteiger partial charge is 0.241 e.